The van der Waals surface area contributed by atoms with Crippen LogP contribution in [0.5, 0.6) is 0 Å². The average molecular weight is 1400 g/mol. The van der Waals surface area contributed by atoms with Crippen LogP contribution in [-0.4, -0.2) is 9.13 Å². The van der Waals surface area contributed by atoms with E-state index in [2.05, 4.69) is 444 Å². The van der Waals surface area contributed by atoms with Gasteiger partial charge in [0.15, 0.2) is 0 Å². The summed E-state index contributed by atoms with van der Waals surface area (Å²) in [6, 6.07) is 156. The zero-order valence-electron chi connectivity index (χ0n) is 60.2. The van der Waals surface area contributed by atoms with Crippen molar-refractivity contribution in [3.63, 3.8) is 0 Å². The van der Waals surface area contributed by atoms with E-state index in [9.17, 15) is 0 Å². The van der Waals surface area contributed by atoms with Gasteiger partial charge < -0.3 is 18.9 Å². The number of hydrogen-bond donors (Lipinski definition) is 0. The summed E-state index contributed by atoms with van der Waals surface area (Å²) in [5, 5.41) is 14.6. The van der Waals surface area contributed by atoms with Crippen molar-refractivity contribution in [2.45, 2.75) is 0 Å². The molecule has 0 N–H and O–H groups in total. The van der Waals surface area contributed by atoms with Gasteiger partial charge in [-0.1, -0.05) is 297 Å². The van der Waals surface area contributed by atoms with Gasteiger partial charge in [0.25, 0.3) is 0 Å². The molecule has 0 radical (unpaired) electrons. The monoisotopic (exact) mass is 1400 g/mol. The Labute approximate surface area is 638 Å². The number of benzene rings is 19. The maximum absolute atomic E-state index is 2.44. The van der Waals surface area contributed by atoms with E-state index >= 15 is 0 Å². The molecule has 4 heteroatoms. The van der Waals surface area contributed by atoms with Gasteiger partial charge in [-0.15, -0.1) is 0 Å². The average Bonchev–Trinajstić information content (AvgIpc) is 1.05. The van der Waals surface area contributed by atoms with Crippen LogP contribution in [0.1, 0.15) is 0 Å². The Hall–Kier alpha value is -14.6. The fourth-order valence-electron chi connectivity index (χ4n) is 17.5. The summed E-state index contributed by atoms with van der Waals surface area (Å²) in [5.74, 6) is 0. The van der Waals surface area contributed by atoms with Gasteiger partial charge in [0.2, 0.25) is 0 Å². The highest BCUT2D eigenvalue weighted by atomic mass is 15.1. The molecule has 110 heavy (non-hydrogen) atoms. The molecule has 514 valence electrons. The third-order valence-electron chi connectivity index (χ3n) is 22.5. The zero-order chi connectivity index (χ0) is 72.6. The fourth-order valence-corrected chi connectivity index (χ4v) is 17.5. The summed E-state index contributed by atoms with van der Waals surface area (Å²) in [6.45, 7) is 0. The molecule has 4 nitrogen and oxygen atoms in total. The largest absolute Gasteiger partial charge is 0.311 e. The minimum Gasteiger partial charge on any atom is -0.311 e. The number of hydrogen-bond acceptors (Lipinski definition) is 2. The maximum atomic E-state index is 2.44. The van der Waals surface area contributed by atoms with E-state index in [-0.39, 0.29) is 0 Å². The van der Waals surface area contributed by atoms with Crippen LogP contribution in [-0.2, 0) is 0 Å². The van der Waals surface area contributed by atoms with Crippen molar-refractivity contribution in [2.75, 3.05) is 9.80 Å². The molecular formula is C106H70N4. The molecule has 0 spiro atoms. The standard InChI is InChI=1S/C106H70N4/c1-6-26-74(27-7-1)103-93-42-20-21-43-94(93)106(98-70-85(63-65-95(98)103)108(80-30-10-3-11-31-80)86-64-67-102-97(69-86)88-37-23-25-45-100(88)110(102)82-34-14-5-15-35-82)76-52-48-72(49-53-76)71-46-50-75(51-47-71)104-89-38-16-18-40-91(89)105(92-41-19-17-39-90(92)104)77-56-61-84(62-57-77)107(79-28-8-2-9-29-79)83-59-54-73(55-60-83)78-58-66-101-96(68-78)87-36-22-24-44-99(87)109(101)81-32-12-4-13-33-81/h1-70H. The topological polar surface area (TPSA) is 16.3 Å². The molecule has 0 aliphatic carbocycles. The van der Waals surface area contributed by atoms with Crippen molar-refractivity contribution in [3.8, 4) is 78.1 Å². The molecule has 0 atom stereocenters. The molecule has 0 saturated carbocycles. The molecule has 21 rings (SSSR count). The number of fused-ring (bicyclic) bond motifs is 10. The molecular weight excluding hydrogens is 1330 g/mol. The summed E-state index contributed by atoms with van der Waals surface area (Å²) in [5.41, 5.74) is 27.8. The predicted molar refractivity (Wildman–Crippen MR) is 467 cm³/mol. The van der Waals surface area contributed by atoms with Crippen molar-refractivity contribution >= 4 is 121 Å². The molecule has 0 saturated heterocycles. The van der Waals surface area contributed by atoms with Crippen molar-refractivity contribution in [1.82, 2.24) is 9.13 Å². The Kier molecular flexibility index (Phi) is 15.5. The molecule has 0 fully saturated rings. The van der Waals surface area contributed by atoms with E-state index in [1.165, 1.54) is 137 Å². The lowest BCUT2D eigenvalue weighted by Crippen LogP contribution is -2.10. The van der Waals surface area contributed by atoms with Crippen LogP contribution in [0, 0.1) is 0 Å². The molecule has 0 aliphatic heterocycles. The SMILES string of the molecule is c1ccc(-c2c3ccccc3c(-c3ccc(-c4ccc(-c5c6ccccc6c(-c6ccc(N(c7ccccc7)c7ccc(-c8ccc9c(c8)c8ccccc8n9-c8ccccc8)cc7)cc6)c6ccccc56)cc4)cc3)c3cc(N(c4ccccc4)c4ccc5c(c4)c4ccccc4n5-c4ccccc4)ccc23)cc1. The number of aromatic nitrogens is 2. The number of nitrogens with zero attached hydrogens (tertiary/aromatic N) is 4. The van der Waals surface area contributed by atoms with Crippen molar-refractivity contribution < 1.29 is 0 Å². The van der Waals surface area contributed by atoms with Gasteiger partial charge in [0.1, 0.15) is 0 Å². The summed E-state index contributed by atoms with van der Waals surface area (Å²) >= 11 is 0. The molecule has 0 aliphatic rings. The first-order valence-electron chi connectivity index (χ1n) is 37.9. The molecule has 21 aromatic rings. The van der Waals surface area contributed by atoms with E-state index < -0.39 is 0 Å². The van der Waals surface area contributed by atoms with E-state index in [1.807, 2.05) is 0 Å². The number of para-hydroxylation sites is 6. The van der Waals surface area contributed by atoms with Gasteiger partial charge in [-0.25, -0.2) is 0 Å². The lowest BCUT2D eigenvalue weighted by Gasteiger charge is -2.27. The fraction of sp³-hybridized carbons (Fsp3) is 0. The summed E-state index contributed by atoms with van der Waals surface area (Å²) in [7, 11) is 0. The highest BCUT2D eigenvalue weighted by Crippen LogP contribution is 2.50. The Morgan fingerprint density at radius 2 is 0.382 bits per heavy atom. The Bertz CT molecular complexity index is 7020. The second-order valence-electron chi connectivity index (χ2n) is 28.6. The first-order chi connectivity index (χ1) is 54.6. The Balaban J connectivity index is 0.619. The molecule has 2 aromatic heterocycles. The lowest BCUT2D eigenvalue weighted by atomic mass is 9.85. The van der Waals surface area contributed by atoms with Gasteiger partial charge in [-0.3, -0.25) is 0 Å². The summed E-state index contributed by atoms with van der Waals surface area (Å²) < 4.78 is 4.76. The van der Waals surface area contributed by atoms with Crippen LogP contribution in [0.3, 0.4) is 0 Å². The third-order valence-corrected chi connectivity index (χ3v) is 22.5. The predicted octanol–water partition coefficient (Wildman–Crippen LogP) is 29.4. The first-order valence-corrected chi connectivity index (χ1v) is 37.9. The zero-order valence-corrected chi connectivity index (χ0v) is 60.2. The summed E-state index contributed by atoms with van der Waals surface area (Å²) in [4.78, 5) is 4.79. The number of rotatable bonds is 14. The van der Waals surface area contributed by atoms with Crippen LogP contribution in [0.4, 0.5) is 34.1 Å². The van der Waals surface area contributed by atoms with Gasteiger partial charge in [-0.05, 0) is 237 Å². The van der Waals surface area contributed by atoms with Crippen LogP contribution in [0.2, 0.25) is 0 Å². The quantitative estimate of drug-likeness (QED) is 0.101. The minimum absolute atomic E-state index is 1.08. The number of anilines is 6. The molecule has 0 amide bonds. The second-order valence-corrected chi connectivity index (χ2v) is 28.6. The highest BCUT2D eigenvalue weighted by Gasteiger charge is 2.24. The Morgan fingerprint density at radius 3 is 0.818 bits per heavy atom. The van der Waals surface area contributed by atoms with Gasteiger partial charge >= 0.3 is 0 Å². The van der Waals surface area contributed by atoms with E-state index in [0.717, 1.165) is 62.2 Å². The molecule has 19 aromatic carbocycles. The van der Waals surface area contributed by atoms with Crippen LogP contribution in [0.15, 0.2) is 425 Å². The maximum Gasteiger partial charge on any atom is 0.0542 e. The normalized spacial score (nSPS) is 11.6. The van der Waals surface area contributed by atoms with Crippen LogP contribution in [0.25, 0.3) is 165 Å². The van der Waals surface area contributed by atoms with Gasteiger partial charge in [0, 0.05) is 67.0 Å². The Morgan fingerprint density at radius 1 is 0.136 bits per heavy atom. The van der Waals surface area contributed by atoms with Crippen LogP contribution >= 0.6 is 0 Å². The van der Waals surface area contributed by atoms with Crippen molar-refractivity contribution in [2.24, 2.45) is 0 Å². The third kappa shape index (κ3) is 10.8. The molecule has 2 heterocycles. The van der Waals surface area contributed by atoms with E-state index in [4.69, 9.17) is 0 Å². The van der Waals surface area contributed by atoms with E-state index in [1.54, 1.807) is 0 Å². The molecule has 0 bridgehead atoms. The van der Waals surface area contributed by atoms with Gasteiger partial charge in [-0.2, -0.15) is 0 Å². The second kappa shape index (κ2) is 26.8. The van der Waals surface area contributed by atoms with Crippen LogP contribution < -0.4 is 9.80 Å². The molecule has 0 unspecified atom stereocenters. The smallest absolute Gasteiger partial charge is 0.0542 e. The first kappa shape index (κ1) is 63.9. The lowest BCUT2D eigenvalue weighted by molar-refractivity contribution is 1.18. The van der Waals surface area contributed by atoms with E-state index in [0.29, 0.717) is 0 Å². The minimum atomic E-state index is 1.08. The van der Waals surface area contributed by atoms with Crippen molar-refractivity contribution in [3.05, 3.63) is 425 Å². The van der Waals surface area contributed by atoms with Crippen molar-refractivity contribution in [1.29, 1.82) is 0 Å². The highest BCUT2D eigenvalue weighted by molar-refractivity contribution is 6.24. The summed E-state index contributed by atoms with van der Waals surface area (Å²) in [6.07, 6.45) is 0. The van der Waals surface area contributed by atoms with Gasteiger partial charge in [0.05, 0.1) is 22.1 Å².